The fourth-order valence-corrected chi connectivity index (χ4v) is 1.95. The SMILES string of the molecule is CC1(CC(=O)O)CCCCC1.[Zn]. The van der Waals surface area contributed by atoms with E-state index in [-0.39, 0.29) is 24.9 Å². The van der Waals surface area contributed by atoms with Crippen LogP contribution in [0.15, 0.2) is 0 Å². The van der Waals surface area contributed by atoms with Crippen LogP contribution >= 0.6 is 0 Å². The average molecular weight is 222 g/mol. The standard InChI is InChI=1S/C9H16O2.Zn/c1-9(7-8(10)11)5-3-2-4-6-9;/h2-7H2,1H3,(H,10,11);. The number of hydrogen-bond acceptors (Lipinski definition) is 1. The van der Waals surface area contributed by atoms with Crippen LogP contribution in [0.25, 0.3) is 0 Å². The second-order valence-electron chi connectivity index (χ2n) is 3.94. The van der Waals surface area contributed by atoms with Crippen molar-refractivity contribution in [3.63, 3.8) is 0 Å². The second-order valence-corrected chi connectivity index (χ2v) is 3.94. The maximum absolute atomic E-state index is 10.5. The van der Waals surface area contributed by atoms with Crippen LogP contribution in [0.4, 0.5) is 0 Å². The summed E-state index contributed by atoms with van der Waals surface area (Å²) in [5, 5.41) is 8.63. The molecule has 0 bridgehead atoms. The van der Waals surface area contributed by atoms with Gasteiger partial charge < -0.3 is 5.11 Å². The van der Waals surface area contributed by atoms with Crippen LogP contribution in [0, 0.1) is 5.41 Å². The molecule has 1 N–H and O–H groups in total. The molecule has 1 rings (SSSR count). The largest absolute Gasteiger partial charge is 0.481 e. The number of carboxylic acid groups (broad SMARTS) is 1. The van der Waals surface area contributed by atoms with Gasteiger partial charge in [-0.3, -0.25) is 4.79 Å². The Bertz CT molecular complexity index is 151. The Labute approximate surface area is 86.5 Å². The van der Waals surface area contributed by atoms with Gasteiger partial charge in [-0.1, -0.05) is 26.2 Å². The van der Waals surface area contributed by atoms with Gasteiger partial charge in [0.25, 0.3) is 0 Å². The zero-order valence-corrected chi connectivity index (χ0v) is 10.8. The van der Waals surface area contributed by atoms with Crippen molar-refractivity contribution in [1.82, 2.24) is 0 Å². The molecular weight excluding hydrogens is 205 g/mol. The Hall–Kier alpha value is 0.0934. The quantitative estimate of drug-likeness (QED) is 0.728. The van der Waals surface area contributed by atoms with Crippen molar-refractivity contribution in [3.05, 3.63) is 0 Å². The van der Waals surface area contributed by atoms with E-state index >= 15 is 0 Å². The van der Waals surface area contributed by atoms with Gasteiger partial charge in [0.1, 0.15) is 0 Å². The third kappa shape index (κ3) is 3.66. The Morgan fingerprint density at radius 2 is 1.83 bits per heavy atom. The molecule has 3 heteroatoms. The fraction of sp³-hybridized carbons (Fsp3) is 0.889. The summed E-state index contributed by atoms with van der Waals surface area (Å²) in [5.74, 6) is -0.644. The molecule has 66 valence electrons. The smallest absolute Gasteiger partial charge is 0.303 e. The third-order valence-corrected chi connectivity index (χ3v) is 2.64. The van der Waals surface area contributed by atoms with Crippen LogP contribution < -0.4 is 0 Å². The predicted octanol–water partition coefficient (Wildman–Crippen LogP) is 2.43. The Morgan fingerprint density at radius 1 is 1.33 bits per heavy atom. The molecule has 1 fully saturated rings. The minimum atomic E-state index is -0.644. The van der Waals surface area contributed by atoms with Crippen LogP contribution in [-0.4, -0.2) is 11.1 Å². The van der Waals surface area contributed by atoms with Crippen LogP contribution in [0.2, 0.25) is 0 Å². The van der Waals surface area contributed by atoms with Gasteiger partial charge in [0.15, 0.2) is 0 Å². The fourth-order valence-electron chi connectivity index (χ4n) is 1.95. The van der Waals surface area contributed by atoms with Gasteiger partial charge in [-0.05, 0) is 18.3 Å². The first-order chi connectivity index (χ1) is 5.12. The first-order valence-electron chi connectivity index (χ1n) is 4.34. The molecule has 0 unspecified atom stereocenters. The summed E-state index contributed by atoms with van der Waals surface area (Å²) in [6, 6.07) is 0. The first kappa shape index (κ1) is 12.1. The summed E-state index contributed by atoms with van der Waals surface area (Å²) in [5.41, 5.74) is 0.101. The Kier molecular flexibility index (Phi) is 5.00. The zero-order chi connectivity index (χ0) is 8.32. The second kappa shape index (κ2) is 4.96. The average Bonchev–Trinajstić information content (AvgIpc) is 1.85. The van der Waals surface area contributed by atoms with E-state index in [1.165, 1.54) is 19.3 Å². The normalized spacial score (nSPS) is 21.1. The van der Waals surface area contributed by atoms with Crippen molar-refractivity contribution in [2.75, 3.05) is 0 Å². The molecule has 0 aromatic heterocycles. The van der Waals surface area contributed by atoms with Crippen molar-refractivity contribution in [1.29, 1.82) is 0 Å². The number of carbonyl (C=O) groups is 1. The van der Waals surface area contributed by atoms with Crippen LogP contribution in [0.3, 0.4) is 0 Å². The molecule has 0 aromatic carbocycles. The summed E-state index contributed by atoms with van der Waals surface area (Å²) in [6.07, 6.45) is 6.26. The summed E-state index contributed by atoms with van der Waals surface area (Å²) in [7, 11) is 0. The molecular formula is C9H16O2Zn. The molecule has 12 heavy (non-hydrogen) atoms. The first-order valence-corrected chi connectivity index (χ1v) is 4.34. The van der Waals surface area contributed by atoms with Crippen molar-refractivity contribution in [2.45, 2.75) is 45.4 Å². The number of rotatable bonds is 2. The van der Waals surface area contributed by atoms with E-state index in [4.69, 9.17) is 5.11 Å². The molecule has 2 nitrogen and oxygen atoms in total. The van der Waals surface area contributed by atoms with Crippen LogP contribution in [0.5, 0.6) is 0 Å². The molecule has 0 amide bonds. The van der Waals surface area contributed by atoms with E-state index in [2.05, 4.69) is 6.92 Å². The van der Waals surface area contributed by atoms with Crippen LogP contribution in [-0.2, 0) is 24.3 Å². The minimum Gasteiger partial charge on any atom is -0.481 e. The van der Waals surface area contributed by atoms with Gasteiger partial charge in [0, 0.05) is 19.5 Å². The summed E-state index contributed by atoms with van der Waals surface area (Å²) in [4.78, 5) is 10.5. The van der Waals surface area contributed by atoms with Gasteiger partial charge in [-0.25, -0.2) is 0 Å². The van der Waals surface area contributed by atoms with E-state index in [0.717, 1.165) is 12.8 Å². The van der Waals surface area contributed by atoms with E-state index < -0.39 is 5.97 Å². The van der Waals surface area contributed by atoms with Crippen molar-refractivity contribution < 1.29 is 29.4 Å². The molecule has 0 aliphatic heterocycles. The van der Waals surface area contributed by atoms with E-state index in [1.807, 2.05) is 0 Å². The van der Waals surface area contributed by atoms with Gasteiger partial charge in [-0.15, -0.1) is 0 Å². The Morgan fingerprint density at radius 3 is 2.25 bits per heavy atom. The molecule has 0 radical (unpaired) electrons. The van der Waals surface area contributed by atoms with Gasteiger partial charge in [0.2, 0.25) is 0 Å². The Balaban J connectivity index is 0.00000121. The maximum atomic E-state index is 10.5. The van der Waals surface area contributed by atoms with Crippen molar-refractivity contribution >= 4 is 5.97 Å². The zero-order valence-electron chi connectivity index (χ0n) is 7.81. The van der Waals surface area contributed by atoms with Crippen molar-refractivity contribution in [2.24, 2.45) is 5.41 Å². The number of aliphatic carboxylic acids is 1. The van der Waals surface area contributed by atoms with Crippen LogP contribution in [0.1, 0.15) is 45.4 Å². The molecule has 0 saturated heterocycles. The molecule has 1 saturated carbocycles. The molecule has 1 aliphatic rings. The monoisotopic (exact) mass is 220 g/mol. The van der Waals surface area contributed by atoms with Crippen molar-refractivity contribution in [3.8, 4) is 0 Å². The number of hydrogen-bond donors (Lipinski definition) is 1. The van der Waals surface area contributed by atoms with Gasteiger partial charge in [0.05, 0.1) is 6.42 Å². The van der Waals surface area contributed by atoms with E-state index in [9.17, 15) is 4.79 Å². The van der Waals surface area contributed by atoms with Gasteiger partial charge >= 0.3 is 5.97 Å². The maximum Gasteiger partial charge on any atom is 0.303 e. The topological polar surface area (TPSA) is 37.3 Å². The summed E-state index contributed by atoms with van der Waals surface area (Å²) < 4.78 is 0. The summed E-state index contributed by atoms with van der Waals surface area (Å²) in [6.45, 7) is 2.10. The number of carboxylic acids is 1. The predicted molar refractivity (Wildman–Crippen MR) is 43.4 cm³/mol. The molecule has 0 aromatic rings. The summed E-state index contributed by atoms with van der Waals surface area (Å²) >= 11 is 0. The minimum absolute atomic E-state index is 0. The van der Waals surface area contributed by atoms with Gasteiger partial charge in [-0.2, -0.15) is 0 Å². The van der Waals surface area contributed by atoms with E-state index in [1.54, 1.807) is 0 Å². The molecule has 0 heterocycles. The third-order valence-electron chi connectivity index (χ3n) is 2.64. The molecule has 0 spiro atoms. The molecule has 0 atom stereocenters. The molecule has 1 aliphatic carbocycles. The van der Waals surface area contributed by atoms with E-state index in [0.29, 0.717) is 6.42 Å².